The lowest BCUT2D eigenvalue weighted by Crippen LogP contribution is -2.57. The van der Waals surface area contributed by atoms with Gasteiger partial charge in [0.1, 0.15) is 0 Å². The van der Waals surface area contributed by atoms with E-state index in [-0.39, 0.29) is 11.9 Å². The van der Waals surface area contributed by atoms with Gasteiger partial charge in [0.2, 0.25) is 18.1 Å². The Bertz CT molecular complexity index is 840. The first-order valence-corrected chi connectivity index (χ1v) is 9.26. The molecule has 0 radical (unpaired) electrons. The molecule has 3 aliphatic rings. The minimum absolute atomic E-state index is 0.113. The van der Waals surface area contributed by atoms with Gasteiger partial charge in [0.15, 0.2) is 0 Å². The second-order valence-electron chi connectivity index (χ2n) is 6.85. The number of aliphatic hydroxyl groups is 1. The summed E-state index contributed by atoms with van der Waals surface area (Å²) in [7, 11) is 0. The zero-order chi connectivity index (χ0) is 19.0. The first-order valence-electron chi connectivity index (χ1n) is 8.88. The number of guanidine groups is 1. The summed E-state index contributed by atoms with van der Waals surface area (Å²) >= 11 is 6.01. The van der Waals surface area contributed by atoms with E-state index in [4.69, 9.17) is 22.0 Å². The Morgan fingerprint density at radius 2 is 2.04 bits per heavy atom. The van der Waals surface area contributed by atoms with E-state index >= 15 is 0 Å². The highest BCUT2D eigenvalue weighted by molar-refractivity contribution is 6.30. The van der Waals surface area contributed by atoms with Gasteiger partial charge in [-0.05, 0) is 18.6 Å². The summed E-state index contributed by atoms with van der Waals surface area (Å²) in [5.74, 6) is 0.519. The van der Waals surface area contributed by atoms with Crippen molar-refractivity contribution < 1.29 is 9.90 Å². The lowest BCUT2D eigenvalue weighted by molar-refractivity contribution is -0.128. The number of amides is 1. The van der Waals surface area contributed by atoms with Crippen molar-refractivity contribution in [2.75, 3.05) is 26.2 Å². The van der Waals surface area contributed by atoms with Crippen molar-refractivity contribution in [3.05, 3.63) is 34.9 Å². The van der Waals surface area contributed by atoms with E-state index in [1.165, 1.54) is 0 Å². The molecule has 4 rings (SSSR count). The minimum atomic E-state index is -0.424. The zero-order valence-electron chi connectivity index (χ0n) is 14.6. The van der Waals surface area contributed by atoms with Crippen LogP contribution in [-0.4, -0.2) is 75.8 Å². The lowest BCUT2D eigenvalue weighted by Gasteiger charge is -2.39. The predicted molar refractivity (Wildman–Crippen MR) is 100 cm³/mol. The molecule has 1 aromatic rings. The quantitative estimate of drug-likeness (QED) is 0.462. The number of hydrazone groups is 1. The molecule has 1 unspecified atom stereocenters. The standard InChI is InChI=1S/C18H19ClN6O2/c19-13-5-3-12(4-6-13)17-15(24-7-1-2-16(24)27)10-25(22-17)18(21-11-20)23-8-14(26)9-23/h3-6,14-15,26H,1-2,7-10H2. The monoisotopic (exact) mass is 386 g/mol. The number of aliphatic imine (C=N–C) groups is 1. The fourth-order valence-corrected chi connectivity index (χ4v) is 3.81. The predicted octanol–water partition coefficient (Wildman–Crippen LogP) is 0.864. The molecule has 27 heavy (non-hydrogen) atoms. The molecule has 9 heteroatoms. The van der Waals surface area contributed by atoms with Crippen LogP contribution >= 0.6 is 11.6 Å². The molecule has 1 N–H and O–H groups in total. The minimum Gasteiger partial charge on any atom is -0.389 e. The molecular weight excluding hydrogens is 368 g/mol. The van der Waals surface area contributed by atoms with Crippen molar-refractivity contribution in [3.8, 4) is 6.19 Å². The third-order valence-corrected chi connectivity index (χ3v) is 5.29. The highest BCUT2D eigenvalue weighted by atomic mass is 35.5. The van der Waals surface area contributed by atoms with E-state index in [1.54, 1.807) is 17.1 Å². The molecule has 0 bridgehead atoms. The second kappa shape index (κ2) is 7.18. The van der Waals surface area contributed by atoms with E-state index in [0.717, 1.165) is 17.7 Å². The smallest absolute Gasteiger partial charge is 0.233 e. The van der Waals surface area contributed by atoms with Crippen LogP contribution in [0.2, 0.25) is 5.02 Å². The topological polar surface area (TPSA) is 95.5 Å². The van der Waals surface area contributed by atoms with Gasteiger partial charge >= 0.3 is 0 Å². The third kappa shape index (κ3) is 3.36. The molecule has 2 saturated heterocycles. The molecule has 8 nitrogen and oxygen atoms in total. The Labute approximate surface area is 161 Å². The van der Waals surface area contributed by atoms with Gasteiger partial charge in [0.05, 0.1) is 24.4 Å². The number of rotatable bonds is 2. The Morgan fingerprint density at radius 3 is 2.63 bits per heavy atom. The molecule has 1 amide bonds. The summed E-state index contributed by atoms with van der Waals surface area (Å²) < 4.78 is 0. The van der Waals surface area contributed by atoms with Crippen molar-refractivity contribution in [3.63, 3.8) is 0 Å². The number of hydrogen-bond acceptors (Lipinski definition) is 5. The first kappa shape index (κ1) is 17.8. The molecule has 1 atom stereocenters. The number of aliphatic hydroxyl groups excluding tert-OH is 1. The van der Waals surface area contributed by atoms with Crippen molar-refractivity contribution in [2.24, 2.45) is 10.1 Å². The molecular formula is C18H19ClN6O2. The number of carbonyl (C=O) groups excluding carboxylic acids is 1. The average Bonchev–Trinajstić information content (AvgIpc) is 3.24. The van der Waals surface area contributed by atoms with Gasteiger partial charge in [-0.25, -0.2) is 5.01 Å². The number of halogens is 1. The summed E-state index contributed by atoms with van der Waals surface area (Å²) in [4.78, 5) is 19.9. The first-order chi connectivity index (χ1) is 13.1. The molecule has 3 aliphatic heterocycles. The SMILES string of the molecule is N#CN=C(N1CC(O)C1)N1CC(N2CCCC2=O)C(c2ccc(Cl)cc2)=N1. The Balaban J connectivity index is 1.67. The molecule has 0 aromatic heterocycles. The van der Waals surface area contributed by atoms with E-state index < -0.39 is 6.10 Å². The van der Waals surface area contributed by atoms with E-state index in [0.29, 0.717) is 43.6 Å². The molecule has 1 aromatic carbocycles. The fraction of sp³-hybridized carbons (Fsp3) is 0.444. The number of nitrogens with zero attached hydrogens (tertiary/aromatic N) is 6. The average molecular weight is 387 g/mol. The highest BCUT2D eigenvalue weighted by Crippen LogP contribution is 2.26. The van der Waals surface area contributed by atoms with Crippen LogP contribution in [0.5, 0.6) is 0 Å². The van der Waals surface area contributed by atoms with E-state index in [2.05, 4.69) is 4.99 Å². The maximum Gasteiger partial charge on any atom is 0.233 e. The Morgan fingerprint density at radius 1 is 1.30 bits per heavy atom. The van der Waals surface area contributed by atoms with Gasteiger partial charge in [-0.15, -0.1) is 4.99 Å². The van der Waals surface area contributed by atoms with Crippen molar-refractivity contribution in [1.29, 1.82) is 5.26 Å². The Kier molecular flexibility index (Phi) is 4.72. The third-order valence-electron chi connectivity index (χ3n) is 5.04. The molecule has 140 valence electrons. The molecule has 0 aliphatic carbocycles. The van der Waals surface area contributed by atoms with Gasteiger partial charge in [0, 0.05) is 36.6 Å². The summed E-state index contributed by atoms with van der Waals surface area (Å²) in [5.41, 5.74) is 1.64. The summed E-state index contributed by atoms with van der Waals surface area (Å²) in [6.45, 7) is 1.94. The largest absolute Gasteiger partial charge is 0.389 e. The maximum absolute atomic E-state index is 12.3. The van der Waals surface area contributed by atoms with E-state index in [9.17, 15) is 9.90 Å². The molecule has 3 heterocycles. The molecule has 2 fully saturated rings. The van der Waals surface area contributed by atoms with Crippen LogP contribution < -0.4 is 0 Å². The number of β-amino-alcohol motifs (C(OH)–C–C–N with tert-alkyl or cyclic N) is 1. The number of carbonyl (C=O) groups is 1. The van der Waals surface area contributed by atoms with Gasteiger partial charge in [-0.3, -0.25) is 4.79 Å². The number of nitriles is 1. The summed E-state index contributed by atoms with van der Waals surface area (Å²) in [6, 6.07) is 7.14. The number of hydrogen-bond donors (Lipinski definition) is 1. The van der Waals surface area contributed by atoms with Crippen molar-refractivity contribution >= 4 is 29.2 Å². The number of likely N-dealkylation sites (tertiary alicyclic amines) is 2. The molecule has 0 saturated carbocycles. The summed E-state index contributed by atoms with van der Waals surface area (Å²) in [5, 5.41) is 25.7. The van der Waals surface area contributed by atoms with Crippen LogP contribution in [0.4, 0.5) is 0 Å². The fourth-order valence-electron chi connectivity index (χ4n) is 3.68. The Hall–Kier alpha value is -2.63. The van der Waals surface area contributed by atoms with Gasteiger partial charge in [-0.2, -0.15) is 10.4 Å². The van der Waals surface area contributed by atoms with E-state index in [1.807, 2.05) is 28.1 Å². The molecule has 0 spiro atoms. The van der Waals surface area contributed by atoms with Crippen LogP contribution in [0.3, 0.4) is 0 Å². The van der Waals surface area contributed by atoms with Crippen LogP contribution in [0.1, 0.15) is 18.4 Å². The van der Waals surface area contributed by atoms with Gasteiger partial charge in [0.25, 0.3) is 0 Å². The van der Waals surface area contributed by atoms with Gasteiger partial charge in [-0.1, -0.05) is 23.7 Å². The second-order valence-corrected chi connectivity index (χ2v) is 7.29. The van der Waals surface area contributed by atoms with Crippen LogP contribution in [0.25, 0.3) is 0 Å². The van der Waals surface area contributed by atoms with Crippen LogP contribution in [0.15, 0.2) is 34.4 Å². The summed E-state index contributed by atoms with van der Waals surface area (Å²) in [6.07, 6.45) is 2.77. The van der Waals surface area contributed by atoms with Crippen LogP contribution in [-0.2, 0) is 4.79 Å². The zero-order valence-corrected chi connectivity index (χ0v) is 15.4. The normalized spacial score (nSPS) is 23.5. The van der Waals surface area contributed by atoms with Crippen molar-refractivity contribution in [1.82, 2.24) is 14.8 Å². The highest BCUT2D eigenvalue weighted by Gasteiger charge is 2.41. The van der Waals surface area contributed by atoms with Crippen LogP contribution in [0, 0.1) is 11.5 Å². The lowest BCUT2D eigenvalue weighted by atomic mass is 10.0. The van der Waals surface area contributed by atoms with Crippen molar-refractivity contribution in [2.45, 2.75) is 25.0 Å². The maximum atomic E-state index is 12.3. The number of benzene rings is 1. The van der Waals surface area contributed by atoms with Gasteiger partial charge < -0.3 is 14.9 Å².